The molecule has 1 aliphatic heterocycles. The van der Waals surface area contributed by atoms with Gasteiger partial charge in [-0.05, 0) is 39.0 Å². The number of nitrogens with zero attached hydrogens (tertiary/aromatic N) is 4. The molecule has 6 nitrogen and oxygen atoms in total. The molecule has 6 heteroatoms. The normalized spacial score (nSPS) is 21.1. The van der Waals surface area contributed by atoms with Gasteiger partial charge < -0.3 is 9.64 Å². The molecule has 1 aliphatic carbocycles. The number of allylic oxidation sites excluding steroid dienone is 2. The lowest BCUT2D eigenvalue weighted by Crippen LogP contribution is -2.44. The predicted octanol–water partition coefficient (Wildman–Crippen LogP) is 2.17. The molecule has 1 amide bonds. The Morgan fingerprint density at radius 3 is 2.69 bits per heavy atom. The zero-order chi connectivity index (χ0) is 18.5. The maximum absolute atomic E-state index is 13.4. The number of rotatable bonds is 6. The number of hydrogen-bond donors (Lipinski definition) is 0. The van der Waals surface area contributed by atoms with Crippen molar-refractivity contribution in [3.63, 3.8) is 0 Å². The summed E-state index contributed by atoms with van der Waals surface area (Å²) in [6.07, 6.45) is 7.89. The second-order valence-corrected chi connectivity index (χ2v) is 7.53. The number of aryl methyl sites for hydroxylation is 2. The summed E-state index contributed by atoms with van der Waals surface area (Å²) in [6, 6.07) is 0. The van der Waals surface area contributed by atoms with E-state index in [1.165, 1.54) is 6.42 Å². The molecule has 1 aromatic heterocycles. The Morgan fingerprint density at radius 1 is 1.31 bits per heavy atom. The van der Waals surface area contributed by atoms with Gasteiger partial charge >= 0.3 is 0 Å². The summed E-state index contributed by atoms with van der Waals surface area (Å²) in [6.45, 7) is 9.94. The smallest absolute Gasteiger partial charge is 0.257 e. The van der Waals surface area contributed by atoms with Crippen molar-refractivity contribution in [2.75, 3.05) is 45.9 Å². The Hall–Kier alpha value is -1.66. The number of aromatic nitrogens is 2. The van der Waals surface area contributed by atoms with Crippen molar-refractivity contribution < 1.29 is 9.53 Å². The third-order valence-electron chi connectivity index (χ3n) is 5.66. The van der Waals surface area contributed by atoms with E-state index in [0.29, 0.717) is 5.92 Å². The van der Waals surface area contributed by atoms with Crippen LogP contribution in [0.15, 0.2) is 12.2 Å². The van der Waals surface area contributed by atoms with Crippen molar-refractivity contribution in [2.45, 2.75) is 33.1 Å². The Bertz CT molecular complexity index is 646. The molecular formula is C20H32N4O2. The average molecular weight is 361 g/mol. The van der Waals surface area contributed by atoms with Gasteiger partial charge in [0.25, 0.3) is 5.91 Å². The topological polar surface area (TPSA) is 50.6 Å². The van der Waals surface area contributed by atoms with Crippen LogP contribution >= 0.6 is 0 Å². The van der Waals surface area contributed by atoms with Crippen molar-refractivity contribution >= 4 is 5.91 Å². The molecule has 3 rings (SSSR count). The van der Waals surface area contributed by atoms with Crippen LogP contribution in [0.5, 0.6) is 0 Å². The summed E-state index contributed by atoms with van der Waals surface area (Å²) in [5, 5.41) is 4.44. The summed E-state index contributed by atoms with van der Waals surface area (Å²) in [4.78, 5) is 17.8. The highest BCUT2D eigenvalue weighted by atomic mass is 16.5. The molecule has 0 radical (unpaired) electrons. The molecule has 0 spiro atoms. The first-order chi connectivity index (χ1) is 12.6. The van der Waals surface area contributed by atoms with Gasteiger partial charge in [-0.1, -0.05) is 12.2 Å². The molecule has 1 fully saturated rings. The number of carbonyl (C=O) groups excluding carboxylic acids is 1. The van der Waals surface area contributed by atoms with E-state index >= 15 is 0 Å². The van der Waals surface area contributed by atoms with Crippen LogP contribution < -0.4 is 0 Å². The maximum atomic E-state index is 13.4. The fourth-order valence-electron chi connectivity index (χ4n) is 3.94. The number of ether oxygens (including phenoxy) is 1. The van der Waals surface area contributed by atoms with Gasteiger partial charge in [0.05, 0.1) is 24.5 Å². The van der Waals surface area contributed by atoms with Crippen LogP contribution in [0.2, 0.25) is 0 Å². The molecule has 0 saturated carbocycles. The molecular weight excluding hydrogens is 328 g/mol. The molecule has 1 aromatic rings. The van der Waals surface area contributed by atoms with E-state index in [0.717, 1.165) is 75.7 Å². The van der Waals surface area contributed by atoms with E-state index in [9.17, 15) is 4.79 Å². The van der Waals surface area contributed by atoms with Gasteiger partial charge in [0.15, 0.2) is 0 Å². The van der Waals surface area contributed by atoms with Crippen LogP contribution in [-0.2, 0) is 11.8 Å². The second kappa shape index (κ2) is 8.82. The molecule has 2 heterocycles. The number of carbonyl (C=O) groups is 1. The summed E-state index contributed by atoms with van der Waals surface area (Å²) >= 11 is 0. The van der Waals surface area contributed by atoms with E-state index < -0.39 is 0 Å². The summed E-state index contributed by atoms with van der Waals surface area (Å²) in [5.41, 5.74) is 2.56. The van der Waals surface area contributed by atoms with Gasteiger partial charge in [-0.15, -0.1) is 0 Å². The summed E-state index contributed by atoms with van der Waals surface area (Å²) in [5.74, 6) is 0.696. The SMILES string of the molecule is Cc1nn(C)c(C)c1C(=O)N(CCN1CCOCC1)C[C@@H]1CC=CCC1. The third kappa shape index (κ3) is 4.54. The van der Waals surface area contributed by atoms with Gasteiger partial charge in [0.2, 0.25) is 0 Å². The highest BCUT2D eigenvalue weighted by molar-refractivity contribution is 5.96. The highest BCUT2D eigenvalue weighted by Crippen LogP contribution is 2.22. The number of amides is 1. The molecule has 1 atom stereocenters. The van der Waals surface area contributed by atoms with Crippen molar-refractivity contribution in [1.29, 1.82) is 0 Å². The monoisotopic (exact) mass is 360 g/mol. The fraction of sp³-hybridized carbons (Fsp3) is 0.700. The molecule has 26 heavy (non-hydrogen) atoms. The maximum Gasteiger partial charge on any atom is 0.257 e. The van der Waals surface area contributed by atoms with Crippen LogP contribution in [0, 0.1) is 19.8 Å². The number of morpholine rings is 1. The third-order valence-corrected chi connectivity index (χ3v) is 5.66. The zero-order valence-electron chi connectivity index (χ0n) is 16.4. The fourth-order valence-corrected chi connectivity index (χ4v) is 3.94. The average Bonchev–Trinajstić information content (AvgIpc) is 2.91. The Labute approximate surface area is 156 Å². The predicted molar refractivity (Wildman–Crippen MR) is 102 cm³/mol. The van der Waals surface area contributed by atoms with Gasteiger partial charge in [-0.25, -0.2) is 0 Å². The first-order valence-corrected chi connectivity index (χ1v) is 9.81. The summed E-state index contributed by atoms with van der Waals surface area (Å²) in [7, 11) is 1.91. The molecule has 144 valence electrons. The van der Waals surface area contributed by atoms with Crippen LogP contribution in [-0.4, -0.2) is 71.4 Å². The van der Waals surface area contributed by atoms with Crippen LogP contribution in [0.3, 0.4) is 0 Å². The number of hydrogen-bond acceptors (Lipinski definition) is 4. The van der Waals surface area contributed by atoms with Crippen molar-refractivity contribution in [2.24, 2.45) is 13.0 Å². The zero-order valence-corrected chi connectivity index (χ0v) is 16.4. The molecule has 1 saturated heterocycles. The minimum atomic E-state index is 0.135. The van der Waals surface area contributed by atoms with E-state index in [2.05, 4.69) is 27.1 Å². The lowest BCUT2D eigenvalue weighted by atomic mass is 9.93. The van der Waals surface area contributed by atoms with Crippen molar-refractivity contribution in [3.05, 3.63) is 29.1 Å². The lowest BCUT2D eigenvalue weighted by Gasteiger charge is -2.32. The molecule has 0 N–H and O–H groups in total. The second-order valence-electron chi connectivity index (χ2n) is 7.53. The lowest BCUT2D eigenvalue weighted by molar-refractivity contribution is 0.0315. The van der Waals surface area contributed by atoms with Crippen molar-refractivity contribution in [3.8, 4) is 0 Å². The molecule has 0 unspecified atom stereocenters. The minimum absolute atomic E-state index is 0.135. The Morgan fingerprint density at radius 2 is 2.08 bits per heavy atom. The van der Waals surface area contributed by atoms with E-state index in [-0.39, 0.29) is 5.91 Å². The van der Waals surface area contributed by atoms with Gasteiger partial charge in [-0.3, -0.25) is 14.4 Å². The van der Waals surface area contributed by atoms with Gasteiger partial charge in [0, 0.05) is 45.5 Å². The largest absolute Gasteiger partial charge is 0.379 e. The van der Waals surface area contributed by atoms with E-state index in [1.807, 2.05) is 25.6 Å². The first-order valence-electron chi connectivity index (χ1n) is 9.81. The van der Waals surface area contributed by atoms with Crippen LogP contribution in [0.4, 0.5) is 0 Å². The molecule has 0 aromatic carbocycles. The van der Waals surface area contributed by atoms with Crippen molar-refractivity contribution in [1.82, 2.24) is 19.6 Å². The Balaban J connectivity index is 1.72. The van der Waals surface area contributed by atoms with E-state index in [1.54, 1.807) is 0 Å². The van der Waals surface area contributed by atoms with Gasteiger partial charge in [-0.2, -0.15) is 5.10 Å². The molecule has 0 bridgehead atoms. The summed E-state index contributed by atoms with van der Waals surface area (Å²) < 4.78 is 7.25. The minimum Gasteiger partial charge on any atom is -0.379 e. The van der Waals surface area contributed by atoms with Gasteiger partial charge in [0.1, 0.15) is 0 Å². The quantitative estimate of drug-likeness (QED) is 0.730. The molecule has 2 aliphatic rings. The standard InChI is InChI=1S/C20H32N4O2/c1-16-19(17(2)22(3)21-16)20(25)24(15-18-7-5-4-6-8-18)10-9-23-11-13-26-14-12-23/h4-5,18H,6-15H2,1-3H3/t18-/m1/s1. The van der Waals surface area contributed by atoms with E-state index in [4.69, 9.17) is 4.74 Å². The van der Waals surface area contributed by atoms with Crippen LogP contribution in [0.1, 0.15) is 41.0 Å². The Kier molecular flexibility index (Phi) is 6.48. The van der Waals surface area contributed by atoms with Crippen LogP contribution in [0.25, 0.3) is 0 Å². The highest BCUT2D eigenvalue weighted by Gasteiger charge is 2.26. The first kappa shape index (κ1) is 19.1.